The number of rotatable bonds is 5. The smallest absolute Gasteiger partial charge is 0.406 e. The summed E-state index contributed by atoms with van der Waals surface area (Å²) in [5, 5.41) is 0. The number of anilines is 2. The molecule has 28 heavy (non-hydrogen) atoms. The molecule has 1 fully saturated rings. The van der Waals surface area contributed by atoms with Gasteiger partial charge in [-0.15, -0.1) is 13.2 Å². The third-order valence-corrected chi connectivity index (χ3v) is 5.50. The van der Waals surface area contributed by atoms with Crippen LogP contribution in [-0.2, 0) is 14.8 Å². The Bertz CT molecular complexity index is 960. The summed E-state index contributed by atoms with van der Waals surface area (Å²) < 4.78 is 67.7. The van der Waals surface area contributed by atoms with E-state index in [0.717, 1.165) is 37.1 Å². The summed E-state index contributed by atoms with van der Waals surface area (Å²) in [4.78, 5) is 13.4. The molecule has 0 aromatic heterocycles. The van der Waals surface area contributed by atoms with Crippen molar-refractivity contribution < 1.29 is 31.1 Å². The number of nitrogens with one attached hydrogen (secondary N) is 1. The quantitative estimate of drug-likeness (QED) is 0.805. The lowest BCUT2D eigenvalue weighted by molar-refractivity contribution is -0.274. The molecule has 1 heterocycles. The van der Waals surface area contributed by atoms with E-state index in [-0.39, 0.29) is 16.5 Å². The first-order valence-electron chi connectivity index (χ1n) is 8.43. The summed E-state index contributed by atoms with van der Waals surface area (Å²) >= 11 is 0. The molecule has 150 valence electrons. The first kappa shape index (κ1) is 20.0. The molecular formula is C18H17F3N2O4S. The van der Waals surface area contributed by atoms with Crippen molar-refractivity contribution in [1.29, 1.82) is 0 Å². The van der Waals surface area contributed by atoms with Gasteiger partial charge >= 0.3 is 6.36 Å². The number of carbonyl (C=O) groups excluding carboxylic acids is 1. The lowest BCUT2D eigenvalue weighted by atomic mass is 10.1. The number of halogens is 3. The fraction of sp³-hybridized carbons (Fsp3) is 0.278. The number of hydrogen-bond acceptors (Lipinski definition) is 4. The van der Waals surface area contributed by atoms with Crippen molar-refractivity contribution in [3.8, 4) is 5.75 Å². The molecule has 10 heteroatoms. The Kier molecular flexibility index (Phi) is 5.50. The van der Waals surface area contributed by atoms with Crippen molar-refractivity contribution in [3.63, 3.8) is 0 Å². The second-order valence-electron chi connectivity index (χ2n) is 6.18. The van der Waals surface area contributed by atoms with Crippen molar-refractivity contribution in [1.82, 2.24) is 0 Å². The molecule has 1 aliphatic heterocycles. The predicted octanol–water partition coefficient (Wildman–Crippen LogP) is 3.90. The number of amides is 1. The van der Waals surface area contributed by atoms with E-state index in [1.54, 1.807) is 23.1 Å². The van der Waals surface area contributed by atoms with Crippen LogP contribution in [0.25, 0.3) is 0 Å². The van der Waals surface area contributed by atoms with Gasteiger partial charge in [0.25, 0.3) is 10.0 Å². The first-order chi connectivity index (χ1) is 13.1. The molecule has 0 saturated carbocycles. The van der Waals surface area contributed by atoms with Crippen LogP contribution in [0.5, 0.6) is 5.75 Å². The molecule has 0 spiro atoms. The van der Waals surface area contributed by atoms with Crippen molar-refractivity contribution in [3.05, 3.63) is 48.5 Å². The van der Waals surface area contributed by atoms with Gasteiger partial charge in [0.1, 0.15) is 5.75 Å². The zero-order valence-electron chi connectivity index (χ0n) is 14.6. The Morgan fingerprint density at radius 2 is 1.75 bits per heavy atom. The molecule has 1 saturated heterocycles. The van der Waals surface area contributed by atoms with Gasteiger partial charge < -0.3 is 9.64 Å². The molecule has 3 rings (SSSR count). The SMILES string of the molecule is O=C1CCCCN1c1cccc(NS(=O)(=O)c2ccc(OC(F)(F)F)cc2)c1. The van der Waals surface area contributed by atoms with Crippen LogP contribution >= 0.6 is 0 Å². The molecule has 0 aliphatic carbocycles. The number of piperidine rings is 1. The van der Waals surface area contributed by atoms with Crippen LogP contribution in [0.15, 0.2) is 53.4 Å². The zero-order chi connectivity index (χ0) is 20.4. The molecule has 6 nitrogen and oxygen atoms in total. The third-order valence-electron chi connectivity index (χ3n) is 4.10. The van der Waals surface area contributed by atoms with Crippen molar-refractivity contribution in [2.75, 3.05) is 16.2 Å². The van der Waals surface area contributed by atoms with Crippen LogP contribution in [-0.4, -0.2) is 27.2 Å². The fourth-order valence-electron chi connectivity index (χ4n) is 2.85. The normalized spacial score (nSPS) is 15.4. The molecule has 2 aromatic rings. The van der Waals surface area contributed by atoms with Crippen LogP contribution in [0.1, 0.15) is 19.3 Å². The summed E-state index contributed by atoms with van der Waals surface area (Å²) in [7, 11) is -4.03. The van der Waals surface area contributed by atoms with Crippen molar-refractivity contribution in [2.45, 2.75) is 30.5 Å². The average Bonchev–Trinajstić information content (AvgIpc) is 2.61. The molecule has 0 radical (unpaired) electrons. The second-order valence-corrected chi connectivity index (χ2v) is 7.86. The third kappa shape index (κ3) is 4.94. The number of hydrogen-bond donors (Lipinski definition) is 1. The van der Waals surface area contributed by atoms with Crippen LogP contribution in [0.4, 0.5) is 24.5 Å². The van der Waals surface area contributed by atoms with Crippen molar-refractivity contribution >= 4 is 27.3 Å². The largest absolute Gasteiger partial charge is 0.573 e. The minimum atomic E-state index is -4.86. The molecule has 0 unspecified atom stereocenters. The standard InChI is InChI=1S/C18H17F3N2O4S/c19-18(20,21)27-15-7-9-16(10-8-15)28(25,26)22-13-4-3-5-14(12-13)23-11-2-1-6-17(23)24/h3-5,7-10,12,22H,1-2,6,11H2. The summed E-state index contributed by atoms with van der Waals surface area (Å²) in [6, 6.07) is 10.3. The van der Waals surface area contributed by atoms with Gasteiger partial charge in [-0.1, -0.05) is 6.07 Å². The van der Waals surface area contributed by atoms with Gasteiger partial charge in [0.2, 0.25) is 5.91 Å². The van der Waals surface area contributed by atoms with E-state index in [4.69, 9.17) is 0 Å². The van der Waals surface area contributed by atoms with Gasteiger partial charge in [-0.25, -0.2) is 8.42 Å². The van der Waals surface area contributed by atoms with E-state index in [9.17, 15) is 26.4 Å². The second kappa shape index (κ2) is 7.70. The molecule has 1 aliphatic rings. The maximum absolute atomic E-state index is 12.5. The van der Waals surface area contributed by atoms with Crippen molar-refractivity contribution in [2.24, 2.45) is 0 Å². The predicted molar refractivity (Wildman–Crippen MR) is 96.6 cm³/mol. The first-order valence-corrected chi connectivity index (χ1v) is 9.91. The van der Waals surface area contributed by atoms with Crippen LogP contribution < -0.4 is 14.4 Å². The van der Waals surface area contributed by atoms with E-state index in [2.05, 4.69) is 9.46 Å². The number of nitrogens with zero attached hydrogens (tertiary/aromatic N) is 1. The maximum Gasteiger partial charge on any atom is 0.573 e. The van der Waals surface area contributed by atoms with E-state index in [0.29, 0.717) is 18.7 Å². The van der Waals surface area contributed by atoms with Crippen LogP contribution in [0, 0.1) is 0 Å². The highest BCUT2D eigenvalue weighted by Crippen LogP contribution is 2.27. The summed E-state index contributed by atoms with van der Waals surface area (Å²) in [6.07, 6.45) is -2.71. The highest BCUT2D eigenvalue weighted by Gasteiger charge is 2.31. The minimum absolute atomic E-state index is 0.0217. The van der Waals surface area contributed by atoms with Gasteiger partial charge in [0, 0.05) is 18.7 Å². The van der Waals surface area contributed by atoms with Gasteiger partial charge in [-0.3, -0.25) is 9.52 Å². The minimum Gasteiger partial charge on any atom is -0.406 e. The van der Waals surface area contributed by atoms with Gasteiger partial charge in [-0.2, -0.15) is 0 Å². The zero-order valence-corrected chi connectivity index (χ0v) is 15.4. The summed E-state index contributed by atoms with van der Waals surface area (Å²) in [5.41, 5.74) is 0.824. The van der Waals surface area contributed by atoms with Crippen LogP contribution in [0.2, 0.25) is 0 Å². The lowest BCUT2D eigenvalue weighted by Crippen LogP contribution is -2.35. The Balaban J connectivity index is 1.77. The highest BCUT2D eigenvalue weighted by atomic mass is 32.2. The molecule has 0 atom stereocenters. The van der Waals surface area contributed by atoms with Gasteiger partial charge in [0.15, 0.2) is 0 Å². The molecule has 0 bridgehead atoms. The monoisotopic (exact) mass is 414 g/mol. The number of alkyl halides is 3. The average molecular weight is 414 g/mol. The number of benzene rings is 2. The Morgan fingerprint density at radius 3 is 2.39 bits per heavy atom. The Morgan fingerprint density at radius 1 is 1.04 bits per heavy atom. The van der Waals surface area contributed by atoms with E-state index in [1.165, 1.54) is 6.07 Å². The fourth-order valence-corrected chi connectivity index (χ4v) is 3.90. The molecular weight excluding hydrogens is 397 g/mol. The van der Waals surface area contributed by atoms with E-state index in [1.807, 2.05) is 0 Å². The maximum atomic E-state index is 12.5. The number of ether oxygens (including phenoxy) is 1. The van der Waals surface area contributed by atoms with E-state index >= 15 is 0 Å². The summed E-state index contributed by atoms with van der Waals surface area (Å²) in [5.74, 6) is -0.538. The van der Waals surface area contributed by atoms with Crippen LogP contribution in [0.3, 0.4) is 0 Å². The summed E-state index contributed by atoms with van der Waals surface area (Å²) in [6.45, 7) is 0.565. The molecule has 1 N–H and O–H groups in total. The number of carbonyl (C=O) groups is 1. The molecule has 1 amide bonds. The Labute approximate surface area is 160 Å². The van der Waals surface area contributed by atoms with Gasteiger partial charge in [-0.05, 0) is 55.3 Å². The highest BCUT2D eigenvalue weighted by molar-refractivity contribution is 7.92. The molecule has 2 aromatic carbocycles. The van der Waals surface area contributed by atoms with E-state index < -0.39 is 22.1 Å². The van der Waals surface area contributed by atoms with Gasteiger partial charge in [0.05, 0.1) is 10.6 Å². The number of sulfonamides is 1. The lowest BCUT2D eigenvalue weighted by Gasteiger charge is -2.27. The Hall–Kier alpha value is -2.75. The topological polar surface area (TPSA) is 75.7 Å².